The lowest BCUT2D eigenvalue weighted by Crippen LogP contribution is -2.37. The first kappa shape index (κ1) is 23.6. The van der Waals surface area contributed by atoms with Crippen LogP contribution in [0, 0.1) is 6.92 Å². The van der Waals surface area contributed by atoms with Crippen LogP contribution in [0.2, 0.25) is 0 Å². The number of nitrogens with one attached hydrogen (secondary N) is 1. The van der Waals surface area contributed by atoms with Gasteiger partial charge in [-0.3, -0.25) is 4.79 Å². The number of carbonyl (C=O) groups is 1. The summed E-state index contributed by atoms with van der Waals surface area (Å²) in [7, 11) is -3.75. The molecule has 3 rings (SSSR count). The van der Waals surface area contributed by atoms with E-state index >= 15 is 0 Å². The lowest BCUT2D eigenvalue weighted by atomic mass is 10.1. The van der Waals surface area contributed by atoms with Crippen molar-refractivity contribution in [2.45, 2.75) is 44.9 Å². The largest absolute Gasteiger partial charge is 0.339 e. The van der Waals surface area contributed by atoms with Crippen LogP contribution in [0.5, 0.6) is 0 Å². The van der Waals surface area contributed by atoms with Crippen molar-refractivity contribution in [2.24, 2.45) is 0 Å². The molecule has 0 radical (unpaired) electrons. The lowest BCUT2D eigenvalue weighted by molar-refractivity contribution is -0.116. The molecule has 9 heteroatoms. The normalized spacial score (nSPS) is 11.8. The van der Waals surface area contributed by atoms with Crippen molar-refractivity contribution in [1.82, 2.24) is 14.4 Å². The van der Waals surface area contributed by atoms with Gasteiger partial charge >= 0.3 is 0 Å². The third kappa shape index (κ3) is 5.80. The van der Waals surface area contributed by atoms with E-state index in [1.54, 1.807) is 43.3 Å². The number of hydrogen-bond acceptors (Lipinski definition) is 6. The maximum absolute atomic E-state index is 12.9. The number of benzene rings is 2. The molecule has 8 nitrogen and oxygen atoms in total. The van der Waals surface area contributed by atoms with E-state index in [-0.39, 0.29) is 23.9 Å². The smallest absolute Gasteiger partial charge is 0.243 e. The van der Waals surface area contributed by atoms with Crippen molar-refractivity contribution in [3.05, 3.63) is 71.4 Å². The first-order valence-electron chi connectivity index (χ1n) is 10.5. The monoisotopic (exact) mass is 456 g/mol. The van der Waals surface area contributed by atoms with Crippen LogP contribution < -0.4 is 5.32 Å². The fourth-order valence-electron chi connectivity index (χ4n) is 3.05. The molecule has 0 fully saturated rings. The number of aryl methyl sites for hydroxylation is 1. The first-order valence-corrected chi connectivity index (χ1v) is 11.9. The number of rotatable bonds is 9. The van der Waals surface area contributed by atoms with E-state index in [0.717, 1.165) is 15.4 Å². The van der Waals surface area contributed by atoms with Gasteiger partial charge in [-0.2, -0.15) is 9.29 Å². The Morgan fingerprint density at radius 2 is 1.75 bits per heavy atom. The summed E-state index contributed by atoms with van der Waals surface area (Å²) < 4.78 is 32.1. The van der Waals surface area contributed by atoms with E-state index in [2.05, 4.69) is 15.5 Å². The van der Waals surface area contributed by atoms with E-state index < -0.39 is 15.9 Å². The molecule has 0 aliphatic rings. The van der Waals surface area contributed by atoms with E-state index in [4.69, 9.17) is 4.52 Å². The second kappa shape index (κ2) is 10.1. The number of sulfonamides is 1. The third-order valence-corrected chi connectivity index (χ3v) is 6.84. The summed E-state index contributed by atoms with van der Waals surface area (Å²) in [5.41, 5.74) is 2.52. The molecule has 170 valence electrons. The lowest BCUT2D eigenvalue weighted by Gasteiger charge is -2.20. The van der Waals surface area contributed by atoms with Gasteiger partial charge in [0, 0.05) is 24.6 Å². The Hall–Kier alpha value is -3.04. The van der Waals surface area contributed by atoms with Gasteiger partial charge < -0.3 is 9.84 Å². The highest BCUT2D eigenvalue weighted by Gasteiger charge is 2.25. The molecular formula is C23H28N4O4S. The summed E-state index contributed by atoms with van der Waals surface area (Å²) in [6.45, 7) is 7.48. The topological polar surface area (TPSA) is 105 Å². The summed E-state index contributed by atoms with van der Waals surface area (Å²) in [5, 5.41) is 6.73. The Labute approximate surface area is 188 Å². The molecule has 0 saturated carbocycles. The second-order valence-electron chi connectivity index (χ2n) is 7.87. The zero-order chi connectivity index (χ0) is 23.3. The van der Waals surface area contributed by atoms with Crippen LogP contribution in [0.25, 0.3) is 0 Å². The molecule has 1 amide bonds. The van der Waals surface area contributed by atoms with Crippen LogP contribution in [-0.4, -0.2) is 41.9 Å². The Morgan fingerprint density at radius 3 is 2.31 bits per heavy atom. The molecule has 0 spiro atoms. The van der Waals surface area contributed by atoms with Crippen molar-refractivity contribution in [3.63, 3.8) is 0 Å². The van der Waals surface area contributed by atoms with E-state index in [0.29, 0.717) is 23.8 Å². The molecule has 0 saturated heterocycles. The zero-order valence-corrected chi connectivity index (χ0v) is 19.5. The van der Waals surface area contributed by atoms with Crippen LogP contribution in [0.3, 0.4) is 0 Å². The fraction of sp³-hybridized carbons (Fsp3) is 0.348. The second-order valence-corrected chi connectivity index (χ2v) is 9.81. The van der Waals surface area contributed by atoms with E-state index in [1.165, 1.54) is 0 Å². The van der Waals surface area contributed by atoms with Gasteiger partial charge in [-0.15, -0.1) is 0 Å². The van der Waals surface area contributed by atoms with Crippen LogP contribution in [-0.2, 0) is 21.2 Å². The Bertz CT molecular complexity index is 1150. The molecular weight excluding hydrogens is 428 g/mol. The SMILES string of the molecule is CCN(CC(=O)Nc1ccc(Cc2noc(C(C)C)n2)cc1)S(=O)(=O)c1ccc(C)cc1. The van der Waals surface area contributed by atoms with E-state index in [1.807, 2.05) is 32.9 Å². The van der Waals surface area contributed by atoms with Gasteiger partial charge in [-0.05, 0) is 36.8 Å². The number of amides is 1. The Kier molecular flexibility index (Phi) is 7.42. The number of aromatic nitrogens is 2. The molecule has 0 bridgehead atoms. The predicted molar refractivity (Wildman–Crippen MR) is 122 cm³/mol. The average Bonchev–Trinajstić information content (AvgIpc) is 3.22. The van der Waals surface area contributed by atoms with Crippen LogP contribution in [0.1, 0.15) is 49.5 Å². The van der Waals surface area contributed by atoms with Gasteiger partial charge in [0.05, 0.1) is 11.4 Å². The summed E-state index contributed by atoms with van der Waals surface area (Å²) >= 11 is 0. The van der Waals surface area contributed by atoms with Crippen LogP contribution >= 0.6 is 0 Å². The molecule has 3 aromatic rings. The highest BCUT2D eigenvalue weighted by atomic mass is 32.2. The molecule has 0 unspecified atom stereocenters. The molecule has 1 aromatic heterocycles. The van der Waals surface area contributed by atoms with Crippen molar-refractivity contribution in [1.29, 1.82) is 0 Å². The standard InChI is InChI=1S/C23H28N4O4S/c1-5-27(32(29,30)20-12-6-17(4)7-13-20)15-22(28)24-19-10-8-18(9-11-19)14-21-25-23(16(2)3)31-26-21/h6-13,16H,5,14-15H2,1-4H3,(H,24,28). The highest BCUT2D eigenvalue weighted by molar-refractivity contribution is 7.89. The molecule has 1 heterocycles. The van der Waals surface area contributed by atoms with Crippen molar-refractivity contribution < 1.29 is 17.7 Å². The van der Waals surface area contributed by atoms with E-state index in [9.17, 15) is 13.2 Å². The third-order valence-electron chi connectivity index (χ3n) is 4.91. The number of hydrogen-bond donors (Lipinski definition) is 1. The average molecular weight is 457 g/mol. The molecule has 0 atom stereocenters. The van der Waals surface area contributed by atoms with Crippen LogP contribution in [0.4, 0.5) is 5.69 Å². The summed E-state index contributed by atoms with van der Waals surface area (Å²) in [4.78, 5) is 17.0. The first-order chi connectivity index (χ1) is 15.2. The molecule has 32 heavy (non-hydrogen) atoms. The maximum atomic E-state index is 12.9. The van der Waals surface area contributed by atoms with Gasteiger partial charge in [-0.25, -0.2) is 8.42 Å². The van der Waals surface area contributed by atoms with Gasteiger partial charge in [0.2, 0.25) is 21.8 Å². The number of anilines is 1. The number of likely N-dealkylation sites (N-methyl/N-ethyl adjacent to an activating group) is 1. The summed E-state index contributed by atoms with van der Waals surface area (Å²) in [6, 6.07) is 13.8. The molecule has 1 N–H and O–H groups in total. The fourth-order valence-corrected chi connectivity index (χ4v) is 4.45. The van der Waals surface area contributed by atoms with Crippen molar-refractivity contribution >= 4 is 21.6 Å². The minimum Gasteiger partial charge on any atom is -0.339 e. The molecule has 2 aromatic carbocycles. The number of carbonyl (C=O) groups excluding carboxylic acids is 1. The number of nitrogens with zero attached hydrogens (tertiary/aromatic N) is 3. The predicted octanol–water partition coefficient (Wildman–Crippen LogP) is 3.74. The Balaban J connectivity index is 1.61. The maximum Gasteiger partial charge on any atom is 0.243 e. The minimum atomic E-state index is -3.75. The summed E-state index contributed by atoms with van der Waals surface area (Å²) in [5.74, 6) is 0.969. The van der Waals surface area contributed by atoms with Crippen LogP contribution in [0.15, 0.2) is 57.9 Å². The highest BCUT2D eigenvalue weighted by Crippen LogP contribution is 2.18. The quantitative estimate of drug-likeness (QED) is 0.526. The zero-order valence-electron chi connectivity index (χ0n) is 18.7. The van der Waals surface area contributed by atoms with Gasteiger partial charge in [0.1, 0.15) is 0 Å². The van der Waals surface area contributed by atoms with Gasteiger partial charge in [0.25, 0.3) is 0 Å². The van der Waals surface area contributed by atoms with Crippen molar-refractivity contribution in [2.75, 3.05) is 18.4 Å². The molecule has 0 aliphatic carbocycles. The van der Waals surface area contributed by atoms with Crippen molar-refractivity contribution in [3.8, 4) is 0 Å². The Morgan fingerprint density at radius 1 is 1.09 bits per heavy atom. The van der Waals surface area contributed by atoms with Gasteiger partial charge in [-0.1, -0.05) is 55.8 Å². The molecule has 0 aliphatic heterocycles. The summed E-state index contributed by atoms with van der Waals surface area (Å²) in [6.07, 6.45) is 0.517. The minimum absolute atomic E-state index is 0.171. The van der Waals surface area contributed by atoms with Gasteiger partial charge in [0.15, 0.2) is 5.82 Å².